The van der Waals surface area contributed by atoms with E-state index < -0.39 is 0 Å². The highest BCUT2D eigenvalue weighted by atomic mass is 16.2. The predicted octanol–water partition coefficient (Wildman–Crippen LogP) is 0.949. The van der Waals surface area contributed by atoms with Crippen LogP contribution < -0.4 is 5.32 Å². The maximum Gasteiger partial charge on any atom is 0.221 e. The Balaban J connectivity index is 3.94. The third-order valence-electron chi connectivity index (χ3n) is 2.79. The van der Waals surface area contributed by atoms with Gasteiger partial charge in [-0.1, -0.05) is 13.8 Å². The van der Waals surface area contributed by atoms with Crippen molar-refractivity contribution in [1.82, 2.24) is 15.1 Å². The summed E-state index contributed by atoms with van der Waals surface area (Å²) in [6.07, 6.45) is 1.31. The first kappa shape index (κ1) is 17.9. The van der Waals surface area contributed by atoms with Crippen LogP contribution in [0.15, 0.2) is 0 Å². The topological polar surface area (TPSA) is 52.7 Å². The van der Waals surface area contributed by atoms with E-state index in [1.807, 2.05) is 14.1 Å². The summed E-state index contributed by atoms with van der Waals surface area (Å²) in [4.78, 5) is 26.9. The van der Waals surface area contributed by atoms with Gasteiger partial charge < -0.3 is 15.1 Å². The summed E-state index contributed by atoms with van der Waals surface area (Å²) in [5, 5.41) is 2.87. The zero-order valence-electron chi connectivity index (χ0n) is 13.0. The van der Waals surface area contributed by atoms with Gasteiger partial charge in [0.1, 0.15) is 0 Å². The highest BCUT2D eigenvalue weighted by Crippen LogP contribution is 1.97. The molecule has 0 rings (SSSR count). The van der Waals surface area contributed by atoms with Gasteiger partial charge >= 0.3 is 0 Å². The molecule has 0 radical (unpaired) electrons. The Morgan fingerprint density at radius 1 is 1.11 bits per heavy atom. The fraction of sp³-hybridized carbons (Fsp3) is 0.857. The van der Waals surface area contributed by atoms with Crippen molar-refractivity contribution in [1.29, 1.82) is 0 Å². The van der Waals surface area contributed by atoms with Gasteiger partial charge in [-0.15, -0.1) is 0 Å². The van der Waals surface area contributed by atoms with Crippen LogP contribution in [0, 0.1) is 5.92 Å². The monoisotopic (exact) mass is 271 g/mol. The van der Waals surface area contributed by atoms with E-state index >= 15 is 0 Å². The largest absolute Gasteiger partial charge is 0.356 e. The minimum absolute atomic E-state index is 0.0209. The third-order valence-corrected chi connectivity index (χ3v) is 2.79. The van der Waals surface area contributed by atoms with Crippen LogP contribution in [0.5, 0.6) is 0 Å². The quantitative estimate of drug-likeness (QED) is 0.679. The number of carbonyl (C=O) groups is 2. The van der Waals surface area contributed by atoms with Crippen molar-refractivity contribution in [2.24, 2.45) is 5.92 Å². The summed E-state index contributed by atoms with van der Waals surface area (Å²) in [7, 11) is 4.02. The minimum Gasteiger partial charge on any atom is -0.356 e. The lowest BCUT2D eigenvalue weighted by Crippen LogP contribution is -2.36. The van der Waals surface area contributed by atoms with Crippen molar-refractivity contribution in [3.05, 3.63) is 0 Å². The summed E-state index contributed by atoms with van der Waals surface area (Å²) < 4.78 is 0. The van der Waals surface area contributed by atoms with Gasteiger partial charge in [-0.2, -0.15) is 0 Å². The van der Waals surface area contributed by atoms with Crippen molar-refractivity contribution in [3.63, 3.8) is 0 Å². The second-order valence-corrected chi connectivity index (χ2v) is 5.61. The highest BCUT2D eigenvalue weighted by molar-refractivity contribution is 5.77. The molecule has 0 aromatic rings. The van der Waals surface area contributed by atoms with Gasteiger partial charge in [0.25, 0.3) is 0 Å². The number of amides is 2. The van der Waals surface area contributed by atoms with Crippen LogP contribution in [0.2, 0.25) is 0 Å². The molecule has 0 unspecified atom stereocenters. The van der Waals surface area contributed by atoms with Crippen molar-refractivity contribution >= 4 is 11.8 Å². The summed E-state index contributed by atoms with van der Waals surface area (Å²) >= 11 is 0. The van der Waals surface area contributed by atoms with Crippen molar-refractivity contribution in [2.45, 2.75) is 33.6 Å². The van der Waals surface area contributed by atoms with Crippen molar-refractivity contribution in [2.75, 3.05) is 40.3 Å². The van der Waals surface area contributed by atoms with E-state index in [0.29, 0.717) is 32.0 Å². The highest BCUT2D eigenvalue weighted by Gasteiger charge is 2.11. The maximum atomic E-state index is 11.6. The minimum atomic E-state index is 0.0209. The molecule has 0 aliphatic carbocycles. The molecule has 5 heteroatoms. The van der Waals surface area contributed by atoms with E-state index in [0.717, 1.165) is 13.0 Å². The van der Waals surface area contributed by atoms with E-state index in [-0.39, 0.29) is 11.8 Å². The van der Waals surface area contributed by atoms with Crippen molar-refractivity contribution < 1.29 is 9.59 Å². The van der Waals surface area contributed by atoms with Gasteiger partial charge in [0.15, 0.2) is 0 Å². The summed E-state index contributed by atoms with van der Waals surface area (Å²) in [6, 6.07) is 0. The van der Waals surface area contributed by atoms with Crippen LogP contribution >= 0.6 is 0 Å². The molecule has 0 aliphatic heterocycles. The fourth-order valence-corrected chi connectivity index (χ4v) is 1.65. The zero-order valence-corrected chi connectivity index (χ0v) is 13.0. The predicted molar refractivity (Wildman–Crippen MR) is 77.9 cm³/mol. The van der Waals surface area contributed by atoms with E-state index in [2.05, 4.69) is 24.1 Å². The molecular formula is C14H29N3O2. The molecule has 1 N–H and O–H groups in total. The molecule has 0 saturated heterocycles. The number of carbonyl (C=O) groups excluding carboxylic acids is 2. The Labute approximate surface area is 117 Å². The average Bonchev–Trinajstić information content (AvgIpc) is 2.29. The van der Waals surface area contributed by atoms with Gasteiger partial charge in [0.05, 0.1) is 0 Å². The molecule has 0 saturated carbocycles. The lowest BCUT2D eigenvalue weighted by molar-refractivity contribution is -0.129. The summed E-state index contributed by atoms with van der Waals surface area (Å²) in [5.74, 6) is 0.510. The molecule has 19 heavy (non-hydrogen) atoms. The Morgan fingerprint density at radius 2 is 1.74 bits per heavy atom. The molecule has 0 fully saturated rings. The Hall–Kier alpha value is -1.10. The van der Waals surface area contributed by atoms with Crippen LogP contribution in [0.25, 0.3) is 0 Å². The van der Waals surface area contributed by atoms with E-state index in [1.165, 1.54) is 0 Å². The second-order valence-electron chi connectivity index (χ2n) is 5.61. The first-order valence-corrected chi connectivity index (χ1v) is 7.00. The molecule has 0 aromatic carbocycles. The molecule has 0 aromatic heterocycles. The van der Waals surface area contributed by atoms with E-state index in [4.69, 9.17) is 0 Å². The van der Waals surface area contributed by atoms with Crippen LogP contribution in [0.4, 0.5) is 0 Å². The molecular weight excluding hydrogens is 242 g/mol. The Morgan fingerprint density at radius 3 is 2.21 bits per heavy atom. The number of rotatable bonds is 9. The van der Waals surface area contributed by atoms with Gasteiger partial charge in [-0.3, -0.25) is 9.59 Å². The second kappa shape index (κ2) is 9.78. The number of hydrogen-bond donors (Lipinski definition) is 1. The molecule has 5 nitrogen and oxygen atoms in total. The van der Waals surface area contributed by atoms with Crippen LogP contribution in [-0.4, -0.2) is 61.9 Å². The van der Waals surface area contributed by atoms with Crippen LogP contribution in [0.1, 0.15) is 33.6 Å². The summed E-state index contributed by atoms with van der Waals surface area (Å²) in [6.45, 7) is 8.54. The first-order valence-electron chi connectivity index (χ1n) is 7.00. The number of hydrogen-bond acceptors (Lipinski definition) is 3. The number of nitrogens with zero attached hydrogens (tertiary/aromatic N) is 2. The van der Waals surface area contributed by atoms with E-state index in [9.17, 15) is 9.59 Å². The van der Waals surface area contributed by atoms with Gasteiger partial charge in [0, 0.05) is 33.0 Å². The van der Waals surface area contributed by atoms with Gasteiger partial charge in [-0.25, -0.2) is 0 Å². The zero-order chi connectivity index (χ0) is 14.8. The maximum absolute atomic E-state index is 11.6. The molecule has 0 bridgehead atoms. The molecule has 2 amide bonds. The van der Waals surface area contributed by atoms with Crippen LogP contribution in [-0.2, 0) is 9.59 Å². The molecule has 0 spiro atoms. The lowest BCUT2D eigenvalue weighted by Gasteiger charge is -2.22. The molecule has 112 valence electrons. The third kappa shape index (κ3) is 10.5. The summed E-state index contributed by atoms with van der Waals surface area (Å²) in [5.41, 5.74) is 0. The normalized spacial score (nSPS) is 10.9. The lowest BCUT2D eigenvalue weighted by atomic mass is 10.2. The van der Waals surface area contributed by atoms with Gasteiger partial charge in [-0.05, 0) is 33.0 Å². The first-order chi connectivity index (χ1) is 8.82. The number of nitrogens with one attached hydrogen (secondary N) is 1. The molecule has 0 heterocycles. The fourth-order valence-electron chi connectivity index (χ4n) is 1.65. The smallest absolute Gasteiger partial charge is 0.221 e. The van der Waals surface area contributed by atoms with Gasteiger partial charge in [0.2, 0.25) is 11.8 Å². The Kier molecular flexibility index (Phi) is 9.21. The SMILES string of the molecule is CC(=O)N(CCCN(C)C)CCC(=O)NCC(C)C. The molecule has 0 aliphatic rings. The molecule has 0 atom stereocenters. The average molecular weight is 271 g/mol. The Bertz CT molecular complexity index is 278. The van der Waals surface area contributed by atoms with Crippen molar-refractivity contribution in [3.8, 4) is 0 Å². The van der Waals surface area contributed by atoms with E-state index in [1.54, 1.807) is 11.8 Å². The van der Waals surface area contributed by atoms with Crippen LogP contribution in [0.3, 0.4) is 0 Å². The standard InChI is InChI=1S/C14H29N3O2/c1-12(2)11-15-14(19)7-10-17(13(3)18)9-6-8-16(4)5/h12H,6-11H2,1-5H3,(H,15,19).